The van der Waals surface area contributed by atoms with E-state index >= 15 is 0 Å². The lowest BCUT2D eigenvalue weighted by Crippen LogP contribution is -2.14. The first-order valence-corrected chi connectivity index (χ1v) is 7.86. The first kappa shape index (κ1) is 17.3. The van der Waals surface area contributed by atoms with E-state index in [1.165, 1.54) is 6.07 Å². The number of rotatable bonds is 5. The molecule has 1 N–H and O–H groups in total. The highest BCUT2D eigenvalue weighted by Gasteiger charge is 2.08. The third kappa shape index (κ3) is 4.45. The molecule has 122 valence electrons. The Bertz CT molecular complexity index is 728. The minimum Gasteiger partial charge on any atom is -0.366 e. The average Bonchev–Trinajstić information content (AvgIpc) is 2.51. The maximum atomic E-state index is 13.9. The van der Waals surface area contributed by atoms with Crippen molar-refractivity contribution in [3.05, 3.63) is 52.3 Å². The van der Waals surface area contributed by atoms with Gasteiger partial charge in [-0.2, -0.15) is 0 Å². The number of hydrogen-bond donors (Lipinski definition) is 1. The Labute approximate surface area is 141 Å². The van der Waals surface area contributed by atoms with Gasteiger partial charge in [0.25, 0.3) is 0 Å². The van der Waals surface area contributed by atoms with Crippen LogP contribution in [-0.2, 0) is 0 Å². The summed E-state index contributed by atoms with van der Waals surface area (Å²) in [4.78, 5) is 6.50. The molecule has 0 unspecified atom stereocenters. The summed E-state index contributed by atoms with van der Waals surface area (Å²) in [5.41, 5.74) is 4.18. The van der Waals surface area contributed by atoms with Gasteiger partial charge >= 0.3 is 0 Å². The molecule has 0 aliphatic rings. The fraction of sp³-hybridized carbons (Fsp3) is 0.278. The van der Waals surface area contributed by atoms with Crippen molar-refractivity contribution < 1.29 is 4.39 Å². The molecule has 0 heterocycles. The maximum Gasteiger partial charge on any atom is 0.148 e. The quantitative estimate of drug-likeness (QED) is 0.582. The minimum atomic E-state index is -0.374. The van der Waals surface area contributed by atoms with Crippen molar-refractivity contribution in [3.63, 3.8) is 0 Å². The highest BCUT2D eigenvalue weighted by atomic mass is 35.5. The molecule has 2 rings (SSSR count). The number of hydrogen-bond acceptors (Lipinski definition) is 2. The second-order valence-corrected chi connectivity index (χ2v) is 5.96. The lowest BCUT2D eigenvalue weighted by molar-refractivity contribution is 0.552. The van der Waals surface area contributed by atoms with E-state index in [9.17, 15) is 4.39 Å². The van der Waals surface area contributed by atoms with Crippen LogP contribution in [-0.4, -0.2) is 24.8 Å². The summed E-state index contributed by atoms with van der Waals surface area (Å²) >= 11 is 5.78. The van der Waals surface area contributed by atoms with Crippen LogP contribution in [0.25, 0.3) is 0 Å². The molecule has 23 heavy (non-hydrogen) atoms. The Morgan fingerprint density at radius 3 is 2.57 bits per heavy atom. The predicted molar refractivity (Wildman–Crippen MR) is 97.1 cm³/mol. The van der Waals surface area contributed by atoms with Crippen LogP contribution in [0.5, 0.6) is 0 Å². The van der Waals surface area contributed by atoms with Crippen LogP contribution >= 0.6 is 11.6 Å². The number of aryl methyl sites for hydroxylation is 2. The van der Waals surface area contributed by atoms with Gasteiger partial charge in [0, 0.05) is 24.3 Å². The Hall–Kier alpha value is -2.07. The van der Waals surface area contributed by atoms with Crippen LogP contribution in [0, 0.1) is 19.7 Å². The highest BCUT2D eigenvalue weighted by molar-refractivity contribution is 6.30. The average molecular weight is 334 g/mol. The Balaban J connectivity index is 2.27. The molecule has 0 aliphatic carbocycles. The van der Waals surface area contributed by atoms with Crippen molar-refractivity contribution in [2.24, 2.45) is 4.99 Å². The molecule has 0 saturated carbocycles. The van der Waals surface area contributed by atoms with Gasteiger partial charge in [-0.3, -0.25) is 0 Å². The second kappa shape index (κ2) is 7.47. The fourth-order valence-corrected chi connectivity index (χ4v) is 2.21. The topological polar surface area (TPSA) is 27.6 Å². The zero-order valence-corrected chi connectivity index (χ0v) is 14.6. The molecule has 0 aromatic heterocycles. The molecule has 0 atom stereocenters. The maximum absolute atomic E-state index is 13.9. The van der Waals surface area contributed by atoms with Gasteiger partial charge in [-0.15, -0.1) is 0 Å². The summed E-state index contributed by atoms with van der Waals surface area (Å²) in [7, 11) is 1.98. The van der Waals surface area contributed by atoms with Crippen molar-refractivity contribution in [1.29, 1.82) is 0 Å². The molecule has 0 saturated heterocycles. The van der Waals surface area contributed by atoms with Gasteiger partial charge in [0.15, 0.2) is 0 Å². The first-order valence-electron chi connectivity index (χ1n) is 7.48. The van der Waals surface area contributed by atoms with Crippen molar-refractivity contribution in [2.75, 3.05) is 18.9 Å². The summed E-state index contributed by atoms with van der Waals surface area (Å²) in [6.45, 7) is 6.93. The lowest BCUT2D eigenvalue weighted by Gasteiger charge is -2.14. The van der Waals surface area contributed by atoms with E-state index in [0.717, 1.165) is 29.0 Å². The lowest BCUT2D eigenvalue weighted by atomic mass is 10.1. The van der Waals surface area contributed by atoms with Crippen molar-refractivity contribution in [1.82, 2.24) is 4.90 Å². The van der Waals surface area contributed by atoms with E-state index in [1.54, 1.807) is 12.1 Å². The van der Waals surface area contributed by atoms with E-state index in [2.05, 4.69) is 17.2 Å². The number of nitrogens with zero attached hydrogens (tertiary/aromatic N) is 2. The van der Waals surface area contributed by atoms with E-state index in [4.69, 9.17) is 11.6 Å². The van der Waals surface area contributed by atoms with Gasteiger partial charge in [0.1, 0.15) is 5.82 Å². The molecule has 5 heteroatoms. The van der Waals surface area contributed by atoms with Gasteiger partial charge in [-0.05, 0) is 62.2 Å². The van der Waals surface area contributed by atoms with E-state index < -0.39 is 0 Å². The summed E-state index contributed by atoms with van der Waals surface area (Å²) in [5, 5.41) is 3.50. The number of aliphatic imine (C=N–C) groups is 1. The molecule has 0 radical (unpaired) electrons. The predicted octanol–water partition coefficient (Wildman–Crippen LogP) is 5.45. The fourth-order valence-electron chi connectivity index (χ4n) is 2.05. The number of anilines is 2. The normalized spacial score (nSPS) is 11.0. The van der Waals surface area contributed by atoms with E-state index in [-0.39, 0.29) is 5.82 Å². The van der Waals surface area contributed by atoms with Gasteiger partial charge in [-0.25, -0.2) is 9.38 Å². The molecule has 0 amide bonds. The van der Waals surface area contributed by atoms with Crippen LogP contribution < -0.4 is 5.32 Å². The van der Waals surface area contributed by atoms with E-state index in [0.29, 0.717) is 10.7 Å². The molecular formula is C18H21ClFN3. The largest absolute Gasteiger partial charge is 0.366 e. The molecule has 0 bridgehead atoms. The molecule has 0 fully saturated rings. The molecule has 2 aromatic carbocycles. The van der Waals surface area contributed by atoms with Gasteiger partial charge in [0.05, 0.1) is 17.7 Å². The van der Waals surface area contributed by atoms with Crippen LogP contribution in [0.1, 0.15) is 18.1 Å². The summed E-state index contributed by atoms with van der Waals surface area (Å²) < 4.78 is 13.9. The number of benzene rings is 2. The molecule has 0 spiro atoms. The van der Waals surface area contributed by atoms with Gasteiger partial charge < -0.3 is 10.2 Å². The third-order valence-corrected chi connectivity index (χ3v) is 3.87. The number of nitrogens with one attached hydrogen (secondary N) is 1. The third-order valence-electron chi connectivity index (χ3n) is 3.64. The Morgan fingerprint density at radius 2 is 1.91 bits per heavy atom. The molecular weight excluding hydrogens is 313 g/mol. The summed E-state index contributed by atoms with van der Waals surface area (Å²) in [5.74, 6) is -0.374. The summed E-state index contributed by atoms with van der Waals surface area (Å²) in [6.07, 6.45) is 1.81. The Morgan fingerprint density at radius 1 is 1.17 bits per heavy atom. The van der Waals surface area contributed by atoms with Gasteiger partial charge in [0.2, 0.25) is 0 Å². The minimum absolute atomic E-state index is 0.374. The number of halogens is 2. The zero-order valence-electron chi connectivity index (χ0n) is 13.8. The van der Waals surface area contributed by atoms with Crippen molar-refractivity contribution in [3.8, 4) is 0 Å². The van der Waals surface area contributed by atoms with Crippen LogP contribution in [0.3, 0.4) is 0 Å². The monoisotopic (exact) mass is 333 g/mol. The van der Waals surface area contributed by atoms with Crippen LogP contribution in [0.2, 0.25) is 5.02 Å². The van der Waals surface area contributed by atoms with Crippen molar-refractivity contribution in [2.45, 2.75) is 20.8 Å². The summed E-state index contributed by atoms with van der Waals surface area (Å²) in [6, 6.07) is 8.56. The second-order valence-electron chi connectivity index (χ2n) is 5.52. The Kier molecular flexibility index (Phi) is 5.61. The van der Waals surface area contributed by atoms with Crippen molar-refractivity contribution >= 4 is 35.0 Å². The SMILES string of the molecule is CCN(C)C=Nc1cc(C)c(Nc2ccc(Cl)cc2F)cc1C. The van der Waals surface area contributed by atoms with Crippen LogP contribution in [0.15, 0.2) is 35.3 Å². The highest BCUT2D eigenvalue weighted by Crippen LogP contribution is 2.30. The standard InChI is InChI=1S/C18H21ClFN3/c1-5-23(4)11-21-17-8-13(3)18(9-12(17)2)22-16-7-6-14(19)10-15(16)20/h6-11,22H,5H2,1-4H3. The zero-order chi connectivity index (χ0) is 17.0. The van der Waals surface area contributed by atoms with Crippen LogP contribution in [0.4, 0.5) is 21.5 Å². The van der Waals surface area contributed by atoms with E-state index in [1.807, 2.05) is 44.3 Å². The smallest absolute Gasteiger partial charge is 0.148 e. The molecule has 3 nitrogen and oxygen atoms in total. The molecule has 0 aliphatic heterocycles. The first-order chi connectivity index (χ1) is 10.9. The van der Waals surface area contributed by atoms with Gasteiger partial charge in [-0.1, -0.05) is 11.6 Å². The molecule has 2 aromatic rings.